The lowest BCUT2D eigenvalue weighted by Crippen LogP contribution is -2.42. The van der Waals surface area contributed by atoms with Crippen molar-refractivity contribution in [2.45, 2.75) is 71.4 Å². The van der Waals surface area contributed by atoms with E-state index in [0.29, 0.717) is 47.4 Å². The predicted octanol–water partition coefficient (Wildman–Crippen LogP) is 5.62. The molecule has 41 heavy (non-hydrogen) atoms. The lowest BCUT2D eigenvalue weighted by atomic mass is 9.93. The van der Waals surface area contributed by atoms with Crippen molar-refractivity contribution in [1.82, 2.24) is 20.0 Å². The molecule has 216 valence electrons. The van der Waals surface area contributed by atoms with Crippen molar-refractivity contribution in [3.05, 3.63) is 59.6 Å². The van der Waals surface area contributed by atoms with Gasteiger partial charge in [-0.3, -0.25) is 5.32 Å². The number of benzene rings is 1. The molecular weight excluding hydrogens is 522 g/mol. The minimum atomic E-state index is -0.529. The maximum absolute atomic E-state index is 12.5. The molecule has 0 radical (unpaired) electrons. The molecule has 0 spiro atoms. The summed E-state index contributed by atoms with van der Waals surface area (Å²) in [5.74, 6) is 7.59. The van der Waals surface area contributed by atoms with Crippen LogP contribution in [-0.2, 0) is 10.2 Å². The molecule has 3 heterocycles. The topological polar surface area (TPSA) is 135 Å². The number of ether oxygens (including phenoxy) is 1. The average Bonchev–Trinajstić information content (AvgIpc) is 3.56. The normalized spacial score (nSPS) is 15.1. The molecule has 1 saturated heterocycles. The zero-order chi connectivity index (χ0) is 29.6. The molecule has 1 aromatic carbocycles. The highest BCUT2D eigenvalue weighted by Gasteiger charge is 2.32. The van der Waals surface area contributed by atoms with Gasteiger partial charge < -0.3 is 24.8 Å². The largest absolute Gasteiger partial charge is 0.444 e. The minimum Gasteiger partial charge on any atom is -0.444 e. The van der Waals surface area contributed by atoms with Crippen LogP contribution in [0, 0.1) is 11.8 Å². The second kappa shape index (κ2) is 12.3. The monoisotopic (exact) mass is 559 g/mol. The number of urea groups is 1. The maximum atomic E-state index is 12.5. The lowest BCUT2D eigenvalue weighted by Gasteiger charge is -2.28. The quantitative estimate of drug-likeness (QED) is 0.343. The molecule has 1 unspecified atom stereocenters. The van der Waals surface area contributed by atoms with Crippen LogP contribution in [-0.4, -0.2) is 56.9 Å². The summed E-state index contributed by atoms with van der Waals surface area (Å²) in [5.41, 5.74) is 1.20. The van der Waals surface area contributed by atoms with Crippen LogP contribution in [0.3, 0.4) is 0 Å². The summed E-state index contributed by atoms with van der Waals surface area (Å²) < 4.78 is 10.8. The van der Waals surface area contributed by atoms with Crippen molar-refractivity contribution in [3.63, 3.8) is 0 Å². The number of rotatable bonds is 5. The Morgan fingerprint density at radius 3 is 2.46 bits per heavy atom. The first kappa shape index (κ1) is 29.4. The molecule has 11 nitrogen and oxygen atoms in total. The van der Waals surface area contributed by atoms with Gasteiger partial charge in [0.05, 0.1) is 11.6 Å². The van der Waals surface area contributed by atoms with E-state index < -0.39 is 11.6 Å². The number of hydrogen-bond donors (Lipinski definition) is 3. The third-order valence-electron chi connectivity index (χ3n) is 6.12. The molecule has 1 aliphatic heterocycles. The van der Waals surface area contributed by atoms with Crippen molar-refractivity contribution < 1.29 is 18.8 Å². The summed E-state index contributed by atoms with van der Waals surface area (Å²) in [7, 11) is 0. The van der Waals surface area contributed by atoms with Gasteiger partial charge in [-0.1, -0.05) is 43.8 Å². The highest BCUT2D eigenvalue weighted by Crippen LogP contribution is 2.24. The molecule has 0 bridgehead atoms. The van der Waals surface area contributed by atoms with Gasteiger partial charge in [0.1, 0.15) is 11.4 Å². The van der Waals surface area contributed by atoms with Crippen molar-refractivity contribution >= 4 is 29.6 Å². The Balaban J connectivity index is 1.29. The van der Waals surface area contributed by atoms with E-state index in [2.05, 4.69) is 42.9 Å². The van der Waals surface area contributed by atoms with Crippen molar-refractivity contribution in [2.75, 3.05) is 29.0 Å². The van der Waals surface area contributed by atoms with E-state index in [9.17, 15) is 9.59 Å². The molecule has 2 aromatic heterocycles. The number of amides is 3. The molecule has 1 atom stereocenters. The summed E-state index contributed by atoms with van der Waals surface area (Å²) >= 11 is 0. The molecule has 1 aliphatic rings. The lowest BCUT2D eigenvalue weighted by molar-refractivity contribution is 0.0235. The first-order chi connectivity index (χ1) is 19.4. The fourth-order valence-corrected chi connectivity index (χ4v) is 4.09. The molecule has 3 aromatic rings. The van der Waals surface area contributed by atoms with Gasteiger partial charge in [0, 0.05) is 48.2 Å². The molecular formula is C30H37N7O4. The van der Waals surface area contributed by atoms with E-state index in [1.807, 2.05) is 47.6 Å². The molecule has 0 aliphatic carbocycles. The zero-order valence-electron chi connectivity index (χ0n) is 24.4. The summed E-state index contributed by atoms with van der Waals surface area (Å²) in [6.07, 6.45) is 4.81. The highest BCUT2D eigenvalue weighted by atomic mass is 16.6. The highest BCUT2D eigenvalue weighted by molar-refractivity contribution is 5.99. The fourth-order valence-electron chi connectivity index (χ4n) is 4.09. The van der Waals surface area contributed by atoms with Gasteiger partial charge in [0.2, 0.25) is 5.95 Å². The number of hydrogen-bond acceptors (Lipinski definition) is 8. The predicted molar refractivity (Wildman–Crippen MR) is 157 cm³/mol. The average molecular weight is 560 g/mol. The van der Waals surface area contributed by atoms with Gasteiger partial charge in [0.25, 0.3) is 0 Å². The van der Waals surface area contributed by atoms with Crippen molar-refractivity contribution in [1.29, 1.82) is 0 Å². The maximum Gasteiger partial charge on any atom is 0.410 e. The Morgan fingerprint density at radius 2 is 1.78 bits per heavy atom. The minimum absolute atomic E-state index is 0.0211. The van der Waals surface area contributed by atoms with E-state index in [0.717, 1.165) is 12.8 Å². The number of carbonyl (C=O) groups excluding carboxylic acids is 2. The first-order valence-electron chi connectivity index (χ1n) is 13.6. The number of anilines is 3. The van der Waals surface area contributed by atoms with Gasteiger partial charge in [-0.25, -0.2) is 19.6 Å². The number of likely N-dealkylation sites (tertiary alicyclic amines) is 1. The van der Waals surface area contributed by atoms with Crippen LogP contribution in [0.15, 0.2) is 47.2 Å². The number of nitrogens with zero attached hydrogens (tertiary/aromatic N) is 4. The third kappa shape index (κ3) is 8.70. The van der Waals surface area contributed by atoms with Crippen LogP contribution in [0.5, 0.6) is 0 Å². The van der Waals surface area contributed by atoms with Crippen LogP contribution in [0.25, 0.3) is 0 Å². The van der Waals surface area contributed by atoms with Gasteiger partial charge >= 0.3 is 12.1 Å². The Labute approximate surface area is 240 Å². The summed E-state index contributed by atoms with van der Waals surface area (Å²) in [6.45, 7) is 12.8. The van der Waals surface area contributed by atoms with E-state index in [4.69, 9.17) is 9.26 Å². The smallest absolute Gasteiger partial charge is 0.410 e. The molecule has 3 N–H and O–H groups in total. The standard InChI is InChI=1S/C30H37N7O4/c1-29(2,3)24-16-25(36-41-24)35-27(38)34-22-10-7-9-20(15-22)12-13-21-17-31-26(32-18-21)33-19-23-11-8-14-37(23)28(39)40-30(4,5)6/h7,9-10,15-18,23H,8,11,14,19H2,1-6H3,(H,31,32,33)(H2,34,35,36,38). The van der Waals surface area contributed by atoms with Crippen LogP contribution in [0.2, 0.25) is 0 Å². The Kier molecular flexibility index (Phi) is 8.81. The number of nitrogens with one attached hydrogen (secondary N) is 3. The number of carbonyl (C=O) groups is 2. The van der Waals surface area contributed by atoms with Crippen molar-refractivity contribution in [2.24, 2.45) is 0 Å². The van der Waals surface area contributed by atoms with E-state index in [-0.39, 0.29) is 17.6 Å². The summed E-state index contributed by atoms with van der Waals surface area (Å²) in [5, 5.41) is 12.6. The SMILES string of the molecule is CC(C)(C)OC(=O)N1CCCC1CNc1ncc(C#Cc2cccc(NC(=O)Nc3cc(C(C)(C)C)on3)c2)cn1. The fraction of sp³-hybridized carbons (Fsp3) is 0.433. The summed E-state index contributed by atoms with van der Waals surface area (Å²) in [6, 6.07) is 8.48. The van der Waals surface area contributed by atoms with Gasteiger partial charge in [-0.15, -0.1) is 0 Å². The third-order valence-corrected chi connectivity index (χ3v) is 6.12. The molecule has 11 heteroatoms. The van der Waals surface area contributed by atoms with E-state index in [1.165, 1.54) is 0 Å². The Hall–Kier alpha value is -4.59. The van der Waals surface area contributed by atoms with Crippen LogP contribution in [0.4, 0.5) is 27.0 Å². The second-order valence-corrected chi connectivity index (χ2v) is 11.9. The molecule has 4 rings (SSSR count). The van der Waals surface area contributed by atoms with Gasteiger partial charge in [-0.2, -0.15) is 0 Å². The van der Waals surface area contributed by atoms with Gasteiger partial charge in [-0.05, 0) is 51.8 Å². The first-order valence-corrected chi connectivity index (χ1v) is 13.6. The molecule has 3 amide bonds. The Morgan fingerprint density at radius 1 is 1.05 bits per heavy atom. The molecule has 0 saturated carbocycles. The summed E-state index contributed by atoms with van der Waals surface area (Å²) in [4.78, 5) is 35.4. The van der Waals surface area contributed by atoms with Gasteiger partial charge in [0.15, 0.2) is 5.82 Å². The molecule has 1 fully saturated rings. The van der Waals surface area contributed by atoms with E-state index >= 15 is 0 Å². The Bertz CT molecular complexity index is 1430. The second-order valence-electron chi connectivity index (χ2n) is 11.9. The van der Waals surface area contributed by atoms with Crippen molar-refractivity contribution in [3.8, 4) is 11.8 Å². The zero-order valence-corrected chi connectivity index (χ0v) is 24.4. The van der Waals surface area contributed by atoms with Crippen LogP contribution < -0.4 is 16.0 Å². The van der Waals surface area contributed by atoms with Crippen LogP contribution in [0.1, 0.15) is 71.3 Å². The number of aromatic nitrogens is 3. The van der Waals surface area contributed by atoms with E-state index in [1.54, 1.807) is 41.6 Å². The van der Waals surface area contributed by atoms with Crippen LogP contribution >= 0.6 is 0 Å².